The maximum atomic E-state index is 12.2. The van der Waals surface area contributed by atoms with Crippen LogP contribution in [0.3, 0.4) is 0 Å². The van der Waals surface area contributed by atoms with E-state index in [0.29, 0.717) is 5.69 Å². The first-order chi connectivity index (χ1) is 10.0. The first-order valence-electron chi connectivity index (χ1n) is 6.71. The largest absolute Gasteiger partial charge is 0.467 e. The summed E-state index contributed by atoms with van der Waals surface area (Å²) in [6.45, 7) is 3.68. The Bertz CT molecular complexity index is 570. The number of hydrazone groups is 1. The highest BCUT2D eigenvalue weighted by Gasteiger charge is 2.48. The molecule has 2 rings (SSSR count). The van der Waals surface area contributed by atoms with Crippen molar-refractivity contribution in [2.45, 2.75) is 25.8 Å². The lowest BCUT2D eigenvalue weighted by atomic mass is 9.95. The zero-order valence-electron chi connectivity index (χ0n) is 12.3. The molecule has 0 spiro atoms. The van der Waals surface area contributed by atoms with Gasteiger partial charge in [0, 0.05) is 6.42 Å². The first kappa shape index (κ1) is 15.0. The molecular weight excluding hydrogens is 272 g/mol. The zero-order valence-corrected chi connectivity index (χ0v) is 12.3. The number of para-hydroxylation sites is 1. The van der Waals surface area contributed by atoms with Crippen LogP contribution in [0.2, 0.25) is 0 Å². The number of ether oxygens (including phenoxy) is 2. The third kappa shape index (κ3) is 2.74. The van der Waals surface area contributed by atoms with Crippen molar-refractivity contribution >= 4 is 23.3 Å². The minimum atomic E-state index is -1.06. The van der Waals surface area contributed by atoms with Gasteiger partial charge in [-0.2, -0.15) is 5.10 Å². The minimum absolute atomic E-state index is 0.146. The molecule has 1 aromatic rings. The molecule has 1 aliphatic heterocycles. The van der Waals surface area contributed by atoms with Crippen molar-refractivity contribution in [3.63, 3.8) is 0 Å². The highest BCUT2D eigenvalue weighted by atomic mass is 16.5. The zero-order chi connectivity index (χ0) is 15.5. The van der Waals surface area contributed by atoms with Gasteiger partial charge in [0.05, 0.1) is 19.4 Å². The van der Waals surface area contributed by atoms with Gasteiger partial charge in [-0.1, -0.05) is 18.2 Å². The summed E-state index contributed by atoms with van der Waals surface area (Å²) in [5.74, 6) is -0.958. The molecule has 0 aromatic heterocycles. The molecule has 0 radical (unpaired) electrons. The molecule has 1 atom stereocenters. The van der Waals surface area contributed by atoms with Gasteiger partial charge in [-0.15, -0.1) is 0 Å². The van der Waals surface area contributed by atoms with Gasteiger partial charge < -0.3 is 9.47 Å². The van der Waals surface area contributed by atoms with Crippen LogP contribution in [-0.2, 0) is 19.1 Å². The van der Waals surface area contributed by atoms with E-state index < -0.39 is 17.5 Å². The van der Waals surface area contributed by atoms with E-state index in [2.05, 4.69) is 5.10 Å². The Morgan fingerprint density at radius 2 is 2.00 bits per heavy atom. The predicted octanol–water partition coefficient (Wildman–Crippen LogP) is 1.75. The van der Waals surface area contributed by atoms with Gasteiger partial charge in [0.2, 0.25) is 0 Å². The molecule has 0 aliphatic carbocycles. The number of rotatable bonds is 4. The summed E-state index contributed by atoms with van der Waals surface area (Å²) < 4.78 is 9.84. The van der Waals surface area contributed by atoms with Crippen molar-refractivity contribution in [2.24, 2.45) is 5.10 Å². The van der Waals surface area contributed by atoms with E-state index in [1.54, 1.807) is 13.8 Å². The van der Waals surface area contributed by atoms with E-state index in [1.807, 2.05) is 30.3 Å². The topological polar surface area (TPSA) is 68.2 Å². The maximum Gasteiger partial charge on any atom is 0.354 e. The molecule has 1 heterocycles. The number of hydrogen-bond acceptors (Lipinski definition) is 6. The van der Waals surface area contributed by atoms with Gasteiger partial charge in [0.15, 0.2) is 5.54 Å². The average Bonchev–Trinajstić information content (AvgIpc) is 2.87. The van der Waals surface area contributed by atoms with Gasteiger partial charge in [-0.05, 0) is 26.0 Å². The Kier molecular flexibility index (Phi) is 4.26. The molecule has 0 N–H and O–H groups in total. The molecule has 1 aliphatic rings. The van der Waals surface area contributed by atoms with Crippen molar-refractivity contribution in [2.75, 3.05) is 18.7 Å². The van der Waals surface area contributed by atoms with E-state index in [9.17, 15) is 9.59 Å². The average molecular weight is 290 g/mol. The molecule has 0 amide bonds. The van der Waals surface area contributed by atoms with E-state index in [0.717, 1.165) is 0 Å². The number of nitrogens with zero attached hydrogens (tertiary/aromatic N) is 2. The monoisotopic (exact) mass is 290 g/mol. The molecule has 6 heteroatoms. The fraction of sp³-hybridized carbons (Fsp3) is 0.400. The Labute approximate surface area is 123 Å². The van der Waals surface area contributed by atoms with E-state index in [4.69, 9.17) is 9.47 Å². The van der Waals surface area contributed by atoms with Crippen LogP contribution in [0, 0.1) is 0 Å². The van der Waals surface area contributed by atoms with Gasteiger partial charge in [-0.3, -0.25) is 0 Å². The standard InChI is InChI=1S/C15H18N2O4/c1-4-21-13(18)12-10-15(2,14(19)20-3)17(16-12)11-8-6-5-7-9-11/h5-9H,4,10H2,1-3H3/t15-/m1/s1. The first-order valence-corrected chi connectivity index (χ1v) is 6.71. The highest BCUT2D eigenvalue weighted by molar-refractivity contribution is 6.38. The summed E-state index contributed by atoms with van der Waals surface area (Å²) >= 11 is 0. The number of methoxy groups -OCH3 is 1. The predicted molar refractivity (Wildman–Crippen MR) is 78.0 cm³/mol. The summed E-state index contributed by atoms with van der Waals surface area (Å²) in [5.41, 5.74) is -0.128. The normalized spacial score (nSPS) is 20.9. The minimum Gasteiger partial charge on any atom is -0.467 e. The van der Waals surface area contributed by atoms with E-state index in [-0.39, 0.29) is 18.7 Å². The van der Waals surface area contributed by atoms with Gasteiger partial charge in [0.25, 0.3) is 0 Å². The van der Waals surface area contributed by atoms with Crippen LogP contribution in [0.4, 0.5) is 5.69 Å². The Hall–Kier alpha value is -2.37. The van der Waals surface area contributed by atoms with Crippen LogP contribution in [0.1, 0.15) is 20.3 Å². The SMILES string of the molecule is CCOC(=O)C1=NN(c2ccccc2)[C@@](C)(C(=O)OC)C1. The molecule has 112 valence electrons. The Morgan fingerprint density at radius 3 is 2.57 bits per heavy atom. The molecule has 6 nitrogen and oxygen atoms in total. The van der Waals surface area contributed by atoms with Crippen molar-refractivity contribution in [3.05, 3.63) is 30.3 Å². The lowest BCUT2D eigenvalue weighted by molar-refractivity contribution is -0.146. The molecule has 0 fully saturated rings. The van der Waals surface area contributed by atoms with Crippen molar-refractivity contribution in [1.29, 1.82) is 0 Å². The van der Waals surface area contributed by atoms with Crippen LogP contribution in [0.5, 0.6) is 0 Å². The number of esters is 2. The Morgan fingerprint density at radius 1 is 1.33 bits per heavy atom. The molecule has 0 bridgehead atoms. The quantitative estimate of drug-likeness (QED) is 0.790. The second-order valence-corrected chi connectivity index (χ2v) is 4.86. The third-order valence-electron chi connectivity index (χ3n) is 3.34. The number of anilines is 1. The van der Waals surface area contributed by atoms with Crippen molar-refractivity contribution in [3.8, 4) is 0 Å². The van der Waals surface area contributed by atoms with E-state index in [1.165, 1.54) is 12.1 Å². The van der Waals surface area contributed by atoms with Crippen LogP contribution in [-0.4, -0.2) is 36.9 Å². The van der Waals surface area contributed by atoms with E-state index >= 15 is 0 Å². The number of carbonyl (C=O) groups excluding carboxylic acids is 2. The summed E-state index contributed by atoms with van der Waals surface area (Å²) in [5, 5.41) is 5.79. The summed E-state index contributed by atoms with van der Waals surface area (Å²) in [7, 11) is 1.32. The second kappa shape index (κ2) is 5.95. The number of carbonyl (C=O) groups is 2. The molecule has 0 saturated heterocycles. The van der Waals surface area contributed by atoms with Crippen molar-refractivity contribution < 1.29 is 19.1 Å². The molecule has 0 unspecified atom stereocenters. The molecular formula is C15H18N2O4. The van der Waals surface area contributed by atoms with Crippen LogP contribution < -0.4 is 5.01 Å². The fourth-order valence-electron chi connectivity index (χ4n) is 2.29. The summed E-state index contributed by atoms with van der Waals surface area (Å²) in [6.07, 6.45) is 0.146. The smallest absolute Gasteiger partial charge is 0.354 e. The highest BCUT2D eigenvalue weighted by Crippen LogP contribution is 2.34. The fourth-order valence-corrected chi connectivity index (χ4v) is 2.29. The third-order valence-corrected chi connectivity index (χ3v) is 3.34. The van der Waals surface area contributed by atoms with Crippen LogP contribution >= 0.6 is 0 Å². The number of hydrogen-bond donors (Lipinski definition) is 0. The van der Waals surface area contributed by atoms with Crippen LogP contribution in [0.25, 0.3) is 0 Å². The molecule has 1 aromatic carbocycles. The molecule has 21 heavy (non-hydrogen) atoms. The van der Waals surface area contributed by atoms with Crippen molar-refractivity contribution in [1.82, 2.24) is 0 Å². The Balaban J connectivity index is 2.39. The van der Waals surface area contributed by atoms with Gasteiger partial charge in [0.1, 0.15) is 5.71 Å². The second-order valence-electron chi connectivity index (χ2n) is 4.86. The maximum absolute atomic E-state index is 12.2. The lowest BCUT2D eigenvalue weighted by Crippen LogP contribution is -2.48. The van der Waals surface area contributed by atoms with Gasteiger partial charge >= 0.3 is 11.9 Å². The lowest BCUT2D eigenvalue weighted by Gasteiger charge is -2.31. The summed E-state index contributed by atoms with van der Waals surface area (Å²) in [4.78, 5) is 24.0. The van der Waals surface area contributed by atoms with Gasteiger partial charge in [-0.25, -0.2) is 14.6 Å². The molecule has 0 saturated carbocycles. The summed E-state index contributed by atoms with van der Waals surface area (Å²) in [6, 6.07) is 9.18. The number of benzene rings is 1. The van der Waals surface area contributed by atoms with Crippen LogP contribution in [0.15, 0.2) is 35.4 Å².